The van der Waals surface area contributed by atoms with Gasteiger partial charge in [-0.2, -0.15) is 4.98 Å². The molecule has 76 valence electrons. The Morgan fingerprint density at radius 2 is 2.29 bits per heavy atom. The maximum atomic E-state index is 11.5. The van der Waals surface area contributed by atoms with Crippen molar-refractivity contribution in [1.82, 2.24) is 9.97 Å². The van der Waals surface area contributed by atoms with Crippen LogP contribution >= 0.6 is 0 Å². The predicted molar refractivity (Wildman–Crippen MR) is 54.5 cm³/mol. The quantitative estimate of drug-likeness (QED) is 0.713. The highest BCUT2D eigenvalue weighted by atomic mass is 16.3. The molecule has 1 heterocycles. The van der Waals surface area contributed by atoms with Crippen molar-refractivity contribution in [2.45, 2.75) is 26.2 Å². The standard InChI is InChI=1S/C10H14N2O2/c1-4-5-7-9(13)11-8(6(2)3)12-10(7)14/h4,6H,1,5H2,2-3H3,(H2,11,12,13,14). The number of rotatable bonds is 3. The molecule has 0 aliphatic rings. The molecule has 0 radical (unpaired) electrons. The van der Waals surface area contributed by atoms with Crippen LogP contribution in [0.25, 0.3) is 0 Å². The van der Waals surface area contributed by atoms with Crippen molar-refractivity contribution >= 4 is 0 Å². The van der Waals surface area contributed by atoms with Crippen LogP contribution in [0.4, 0.5) is 0 Å². The van der Waals surface area contributed by atoms with Crippen LogP contribution in [0.5, 0.6) is 5.88 Å². The van der Waals surface area contributed by atoms with Crippen LogP contribution in [0.1, 0.15) is 31.2 Å². The van der Waals surface area contributed by atoms with Crippen LogP contribution in [0.15, 0.2) is 17.4 Å². The summed E-state index contributed by atoms with van der Waals surface area (Å²) in [5, 5.41) is 9.47. The lowest BCUT2D eigenvalue weighted by molar-refractivity contribution is 0.439. The van der Waals surface area contributed by atoms with E-state index >= 15 is 0 Å². The molecule has 0 atom stereocenters. The SMILES string of the molecule is C=CCc1c(O)nc(C(C)C)[nH]c1=O. The van der Waals surface area contributed by atoms with E-state index < -0.39 is 0 Å². The van der Waals surface area contributed by atoms with Crippen LogP contribution in [-0.4, -0.2) is 15.1 Å². The molecule has 0 amide bonds. The van der Waals surface area contributed by atoms with Gasteiger partial charge in [0.15, 0.2) is 0 Å². The molecule has 0 aliphatic carbocycles. The van der Waals surface area contributed by atoms with Gasteiger partial charge in [-0.1, -0.05) is 19.9 Å². The molecule has 0 saturated heterocycles. The minimum absolute atomic E-state index is 0.0892. The van der Waals surface area contributed by atoms with Gasteiger partial charge < -0.3 is 10.1 Å². The predicted octanol–water partition coefficient (Wildman–Crippen LogP) is 1.33. The summed E-state index contributed by atoms with van der Waals surface area (Å²) in [5.74, 6) is 0.393. The summed E-state index contributed by atoms with van der Waals surface area (Å²) in [7, 11) is 0. The van der Waals surface area contributed by atoms with E-state index in [2.05, 4.69) is 16.5 Å². The molecule has 0 spiro atoms. The minimum atomic E-state index is -0.291. The minimum Gasteiger partial charge on any atom is -0.493 e. The third-order valence-electron chi connectivity index (χ3n) is 1.91. The van der Waals surface area contributed by atoms with E-state index in [1.807, 2.05) is 13.8 Å². The van der Waals surface area contributed by atoms with Gasteiger partial charge >= 0.3 is 0 Å². The fourth-order valence-electron chi connectivity index (χ4n) is 1.10. The molecule has 4 nitrogen and oxygen atoms in total. The summed E-state index contributed by atoms with van der Waals surface area (Å²) in [5.41, 5.74) is -0.0227. The largest absolute Gasteiger partial charge is 0.493 e. The van der Waals surface area contributed by atoms with Crippen LogP contribution in [0.3, 0.4) is 0 Å². The van der Waals surface area contributed by atoms with Gasteiger partial charge in [0.05, 0.1) is 5.56 Å². The first-order chi connectivity index (χ1) is 6.56. The summed E-state index contributed by atoms with van der Waals surface area (Å²) >= 11 is 0. The Morgan fingerprint density at radius 1 is 1.64 bits per heavy atom. The van der Waals surface area contributed by atoms with E-state index in [-0.39, 0.29) is 22.9 Å². The number of aromatic hydroxyl groups is 1. The Hall–Kier alpha value is -1.58. The average molecular weight is 194 g/mol. The number of nitrogens with zero attached hydrogens (tertiary/aromatic N) is 1. The highest BCUT2D eigenvalue weighted by Gasteiger charge is 2.10. The molecule has 1 aromatic rings. The zero-order valence-electron chi connectivity index (χ0n) is 8.37. The molecule has 0 aliphatic heterocycles. The van der Waals surface area contributed by atoms with Gasteiger partial charge in [0, 0.05) is 12.3 Å². The van der Waals surface area contributed by atoms with Gasteiger partial charge in [0.1, 0.15) is 5.82 Å². The van der Waals surface area contributed by atoms with Gasteiger partial charge in [-0.25, -0.2) is 0 Å². The van der Waals surface area contributed by atoms with Crippen molar-refractivity contribution in [2.24, 2.45) is 0 Å². The fourth-order valence-corrected chi connectivity index (χ4v) is 1.10. The van der Waals surface area contributed by atoms with Crippen molar-refractivity contribution in [3.8, 4) is 5.88 Å². The first kappa shape index (κ1) is 10.5. The molecular formula is C10H14N2O2. The van der Waals surface area contributed by atoms with Crippen LogP contribution in [0.2, 0.25) is 0 Å². The Morgan fingerprint density at radius 3 is 2.71 bits per heavy atom. The number of allylic oxidation sites excluding steroid dienone is 1. The summed E-state index contributed by atoms with van der Waals surface area (Å²) in [4.78, 5) is 18.0. The van der Waals surface area contributed by atoms with E-state index in [4.69, 9.17) is 0 Å². The summed E-state index contributed by atoms with van der Waals surface area (Å²) in [6.07, 6.45) is 1.88. The van der Waals surface area contributed by atoms with Crippen molar-refractivity contribution in [3.63, 3.8) is 0 Å². The second-order valence-electron chi connectivity index (χ2n) is 3.40. The smallest absolute Gasteiger partial charge is 0.258 e. The molecule has 1 rings (SSSR count). The lowest BCUT2D eigenvalue weighted by atomic mass is 10.2. The van der Waals surface area contributed by atoms with Gasteiger partial charge in [-0.3, -0.25) is 4.79 Å². The normalized spacial score (nSPS) is 10.5. The second-order valence-corrected chi connectivity index (χ2v) is 3.40. The van der Waals surface area contributed by atoms with E-state index in [0.29, 0.717) is 12.2 Å². The molecule has 0 unspecified atom stereocenters. The number of H-pyrrole nitrogens is 1. The number of aromatic amines is 1. The van der Waals surface area contributed by atoms with Gasteiger partial charge in [0.25, 0.3) is 5.56 Å². The van der Waals surface area contributed by atoms with Crippen LogP contribution in [-0.2, 0) is 6.42 Å². The third-order valence-corrected chi connectivity index (χ3v) is 1.91. The van der Waals surface area contributed by atoms with E-state index in [1.165, 1.54) is 0 Å². The van der Waals surface area contributed by atoms with Gasteiger partial charge in [-0.05, 0) is 0 Å². The number of nitrogens with one attached hydrogen (secondary N) is 1. The van der Waals surface area contributed by atoms with Crippen LogP contribution in [0, 0.1) is 0 Å². The first-order valence-electron chi connectivity index (χ1n) is 4.49. The number of hydrogen-bond acceptors (Lipinski definition) is 3. The highest BCUT2D eigenvalue weighted by molar-refractivity contribution is 5.25. The maximum absolute atomic E-state index is 11.5. The maximum Gasteiger partial charge on any atom is 0.258 e. The molecule has 0 fully saturated rings. The lowest BCUT2D eigenvalue weighted by Crippen LogP contribution is -2.17. The highest BCUT2D eigenvalue weighted by Crippen LogP contribution is 2.13. The first-order valence-corrected chi connectivity index (χ1v) is 4.49. The Bertz CT molecular complexity index is 394. The van der Waals surface area contributed by atoms with Crippen molar-refractivity contribution in [1.29, 1.82) is 0 Å². The zero-order valence-corrected chi connectivity index (χ0v) is 8.37. The summed E-state index contributed by atoms with van der Waals surface area (Å²) in [6, 6.07) is 0. The molecule has 0 aromatic carbocycles. The Balaban J connectivity index is 3.25. The van der Waals surface area contributed by atoms with Crippen molar-refractivity contribution in [2.75, 3.05) is 0 Å². The second kappa shape index (κ2) is 4.09. The Kier molecular flexibility index (Phi) is 3.06. The van der Waals surface area contributed by atoms with E-state index in [1.54, 1.807) is 6.08 Å². The molecule has 4 heteroatoms. The van der Waals surface area contributed by atoms with Crippen LogP contribution < -0.4 is 5.56 Å². The topological polar surface area (TPSA) is 66.0 Å². The zero-order chi connectivity index (χ0) is 10.7. The summed E-state index contributed by atoms with van der Waals surface area (Å²) < 4.78 is 0. The van der Waals surface area contributed by atoms with Crippen molar-refractivity contribution < 1.29 is 5.11 Å². The summed E-state index contributed by atoms with van der Waals surface area (Å²) in [6.45, 7) is 7.29. The molecule has 0 bridgehead atoms. The van der Waals surface area contributed by atoms with Gasteiger partial charge in [-0.15, -0.1) is 6.58 Å². The lowest BCUT2D eigenvalue weighted by Gasteiger charge is -2.06. The number of hydrogen-bond donors (Lipinski definition) is 2. The third kappa shape index (κ3) is 2.02. The molecular weight excluding hydrogens is 180 g/mol. The van der Waals surface area contributed by atoms with E-state index in [9.17, 15) is 9.90 Å². The molecule has 1 aromatic heterocycles. The Labute approximate surface area is 82.3 Å². The molecule has 14 heavy (non-hydrogen) atoms. The average Bonchev–Trinajstić information content (AvgIpc) is 2.10. The van der Waals surface area contributed by atoms with Gasteiger partial charge in [0.2, 0.25) is 5.88 Å². The fraction of sp³-hybridized carbons (Fsp3) is 0.400. The van der Waals surface area contributed by atoms with E-state index in [0.717, 1.165) is 0 Å². The van der Waals surface area contributed by atoms with Crippen molar-refractivity contribution in [3.05, 3.63) is 34.4 Å². The molecule has 0 saturated carbocycles. The molecule has 2 N–H and O–H groups in total. The number of aromatic nitrogens is 2. The monoisotopic (exact) mass is 194 g/mol.